The summed E-state index contributed by atoms with van der Waals surface area (Å²) in [5.41, 5.74) is 1.58. The number of rotatable bonds is 5. The minimum Gasteiger partial charge on any atom is -0.496 e. The Bertz CT molecular complexity index is 917. The van der Waals surface area contributed by atoms with Gasteiger partial charge in [-0.05, 0) is 29.7 Å². The Kier molecular flexibility index (Phi) is 5.25. The number of methoxy groups -OCH3 is 1. The van der Waals surface area contributed by atoms with E-state index in [9.17, 15) is 14.7 Å². The minimum atomic E-state index is -1.01. The highest BCUT2D eigenvalue weighted by atomic mass is 16.5. The van der Waals surface area contributed by atoms with E-state index in [4.69, 9.17) is 9.47 Å². The molecule has 2 aromatic carbocycles. The first kappa shape index (κ1) is 19.4. The van der Waals surface area contributed by atoms with Crippen molar-refractivity contribution in [3.8, 4) is 5.75 Å². The van der Waals surface area contributed by atoms with Crippen LogP contribution in [0.2, 0.25) is 0 Å². The zero-order valence-corrected chi connectivity index (χ0v) is 16.3. The molecule has 2 heterocycles. The molecule has 1 amide bonds. The number of piperidine rings is 1. The Labute approximate surface area is 169 Å². The lowest BCUT2D eigenvalue weighted by atomic mass is 9.77. The molecule has 0 spiro atoms. The lowest BCUT2D eigenvalue weighted by molar-refractivity contribution is -0.152. The molecule has 4 rings (SSSR count). The lowest BCUT2D eigenvalue weighted by Gasteiger charge is -2.50. The quantitative estimate of drug-likeness (QED) is 0.804. The molecule has 0 unspecified atom stereocenters. The van der Waals surface area contributed by atoms with Crippen molar-refractivity contribution in [2.75, 3.05) is 26.8 Å². The van der Waals surface area contributed by atoms with Crippen molar-refractivity contribution in [2.45, 2.75) is 24.6 Å². The predicted molar refractivity (Wildman–Crippen MR) is 106 cm³/mol. The maximum absolute atomic E-state index is 12.1. The first-order valence-corrected chi connectivity index (χ1v) is 9.62. The number of hydrogen-bond acceptors (Lipinski definition) is 5. The smallest absolute Gasteiger partial charge is 0.339 e. The average Bonchev–Trinajstić information content (AvgIpc) is 2.74. The fourth-order valence-electron chi connectivity index (χ4n) is 4.34. The third-order valence-corrected chi connectivity index (χ3v) is 5.76. The van der Waals surface area contributed by atoms with Crippen LogP contribution in [0.1, 0.15) is 27.9 Å². The largest absolute Gasteiger partial charge is 0.496 e. The van der Waals surface area contributed by atoms with E-state index in [0.717, 1.165) is 24.1 Å². The maximum atomic E-state index is 12.1. The van der Waals surface area contributed by atoms with Gasteiger partial charge in [0.25, 0.3) is 0 Å². The highest BCUT2D eigenvalue weighted by Crippen LogP contribution is 2.37. The van der Waals surface area contributed by atoms with Gasteiger partial charge in [-0.2, -0.15) is 0 Å². The summed E-state index contributed by atoms with van der Waals surface area (Å²) in [5.74, 6) is -0.759. The molecule has 0 saturated carbocycles. The molecule has 0 bridgehead atoms. The van der Waals surface area contributed by atoms with Gasteiger partial charge < -0.3 is 19.9 Å². The third kappa shape index (κ3) is 3.71. The monoisotopic (exact) mass is 396 g/mol. The number of carboxylic acid groups (broad SMARTS) is 1. The SMILES string of the molecule is COc1ccc(CN2CC[C@@]3(c4ccccc4)NC(=O)CO[C@@H]3C2)cc1C(=O)O. The number of amides is 1. The van der Waals surface area contributed by atoms with Crippen molar-refractivity contribution < 1.29 is 24.2 Å². The van der Waals surface area contributed by atoms with Crippen LogP contribution in [0, 0.1) is 0 Å². The number of likely N-dealkylation sites (tertiary alicyclic amines) is 1. The van der Waals surface area contributed by atoms with Crippen molar-refractivity contribution >= 4 is 11.9 Å². The van der Waals surface area contributed by atoms with Crippen LogP contribution in [0.15, 0.2) is 48.5 Å². The Balaban J connectivity index is 1.55. The number of carboxylic acids is 1. The van der Waals surface area contributed by atoms with Gasteiger partial charge in [0.05, 0.1) is 18.8 Å². The Morgan fingerprint density at radius 2 is 2.10 bits per heavy atom. The Morgan fingerprint density at radius 1 is 1.31 bits per heavy atom. The molecule has 2 aliphatic rings. The minimum absolute atomic E-state index is 0.0544. The molecule has 0 aromatic heterocycles. The van der Waals surface area contributed by atoms with E-state index in [1.807, 2.05) is 36.4 Å². The topological polar surface area (TPSA) is 88.1 Å². The summed E-state index contributed by atoms with van der Waals surface area (Å²) in [6.07, 6.45) is 0.545. The molecule has 2 atom stereocenters. The number of carbonyl (C=O) groups excluding carboxylic acids is 1. The van der Waals surface area contributed by atoms with E-state index in [-0.39, 0.29) is 24.2 Å². The van der Waals surface area contributed by atoms with Crippen molar-refractivity contribution in [1.82, 2.24) is 10.2 Å². The number of hydrogen-bond donors (Lipinski definition) is 2. The molecule has 2 aliphatic heterocycles. The van der Waals surface area contributed by atoms with Crippen LogP contribution in [0.3, 0.4) is 0 Å². The van der Waals surface area contributed by atoms with Gasteiger partial charge in [-0.25, -0.2) is 4.79 Å². The second-order valence-corrected chi connectivity index (χ2v) is 7.51. The summed E-state index contributed by atoms with van der Waals surface area (Å²) < 4.78 is 11.1. The molecule has 29 heavy (non-hydrogen) atoms. The third-order valence-electron chi connectivity index (χ3n) is 5.76. The van der Waals surface area contributed by atoms with Crippen LogP contribution >= 0.6 is 0 Å². The van der Waals surface area contributed by atoms with E-state index in [0.29, 0.717) is 18.8 Å². The summed E-state index contributed by atoms with van der Waals surface area (Å²) in [6, 6.07) is 15.2. The summed E-state index contributed by atoms with van der Waals surface area (Å²) >= 11 is 0. The summed E-state index contributed by atoms with van der Waals surface area (Å²) in [5, 5.41) is 12.6. The van der Waals surface area contributed by atoms with Crippen LogP contribution in [-0.2, 0) is 21.6 Å². The molecule has 0 aliphatic carbocycles. The molecule has 2 saturated heterocycles. The van der Waals surface area contributed by atoms with Gasteiger partial charge >= 0.3 is 5.97 Å². The highest BCUT2D eigenvalue weighted by Gasteiger charge is 2.48. The molecular formula is C22H24N2O5. The Morgan fingerprint density at radius 3 is 2.83 bits per heavy atom. The van der Waals surface area contributed by atoms with Crippen LogP contribution in [0.4, 0.5) is 0 Å². The van der Waals surface area contributed by atoms with Gasteiger partial charge in [-0.1, -0.05) is 36.4 Å². The van der Waals surface area contributed by atoms with Crippen molar-refractivity contribution in [2.24, 2.45) is 0 Å². The first-order chi connectivity index (χ1) is 14.0. The van der Waals surface area contributed by atoms with Gasteiger partial charge in [-0.15, -0.1) is 0 Å². The normalized spacial score (nSPS) is 24.4. The summed E-state index contributed by atoms with van der Waals surface area (Å²) in [7, 11) is 1.46. The number of nitrogens with one attached hydrogen (secondary N) is 1. The van der Waals surface area contributed by atoms with Crippen LogP contribution in [0.25, 0.3) is 0 Å². The standard InChI is InChI=1S/C22H24N2O5/c1-28-18-8-7-15(11-17(18)21(26)27)12-24-10-9-22(16-5-3-2-4-6-16)19(13-24)29-14-20(25)23-22/h2-8,11,19H,9-10,12-14H2,1H3,(H,23,25)(H,26,27)/t19-,22+/m1/s1. The Hall–Kier alpha value is -2.90. The number of nitrogens with zero attached hydrogens (tertiary/aromatic N) is 1. The van der Waals surface area contributed by atoms with Gasteiger partial charge in [0, 0.05) is 19.6 Å². The molecule has 2 aromatic rings. The first-order valence-electron chi connectivity index (χ1n) is 9.62. The number of carbonyl (C=O) groups is 2. The fraction of sp³-hybridized carbons (Fsp3) is 0.364. The van der Waals surface area contributed by atoms with Gasteiger partial charge in [0.15, 0.2) is 0 Å². The fourth-order valence-corrected chi connectivity index (χ4v) is 4.34. The van der Waals surface area contributed by atoms with Crippen molar-refractivity contribution in [3.63, 3.8) is 0 Å². The zero-order valence-electron chi connectivity index (χ0n) is 16.3. The molecule has 2 fully saturated rings. The summed E-state index contributed by atoms with van der Waals surface area (Å²) in [4.78, 5) is 25.8. The second-order valence-electron chi connectivity index (χ2n) is 7.51. The van der Waals surface area contributed by atoms with E-state index < -0.39 is 11.5 Å². The van der Waals surface area contributed by atoms with Crippen LogP contribution in [-0.4, -0.2) is 54.8 Å². The molecule has 152 valence electrons. The van der Waals surface area contributed by atoms with Gasteiger partial charge in [0.2, 0.25) is 5.91 Å². The van der Waals surface area contributed by atoms with Crippen molar-refractivity contribution in [1.29, 1.82) is 0 Å². The van der Waals surface area contributed by atoms with Gasteiger partial charge in [0.1, 0.15) is 17.9 Å². The summed E-state index contributed by atoms with van der Waals surface area (Å²) in [6.45, 7) is 2.05. The van der Waals surface area contributed by atoms with E-state index in [1.54, 1.807) is 12.1 Å². The number of benzene rings is 2. The molecular weight excluding hydrogens is 372 g/mol. The van der Waals surface area contributed by atoms with Gasteiger partial charge in [-0.3, -0.25) is 9.69 Å². The number of morpholine rings is 1. The molecule has 7 heteroatoms. The van der Waals surface area contributed by atoms with E-state index in [2.05, 4.69) is 10.2 Å². The predicted octanol–water partition coefficient (Wildman–Crippen LogP) is 2.01. The number of aromatic carboxylic acids is 1. The van der Waals surface area contributed by atoms with E-state index in [1.165, 1.54) is 7.11 Å². The molecule has 2 N–H and O–H groups in total. The maximum Gasteiger partial charge on any atom is 0.339 e. The zero-order chi connectivity index (χ0) is 20.4. The molecule has 0 radical (unpaired) electrons. The average molecular weight is 396 g/mol. The van der Waals surface area contributed by atoms with Crippen LogP contribution in [0.5, 0.6) is 5.75 Å². The van der Waals surface area contributed by atoms with E-state index >= 15 is 0 Å². The van der Waals surface area contributed by atoms with Crippen LogP contribution < -0.4 is 10.1 Å². The second kappa shape index (κ2) is 7.85. The highest BCUT2D eigenvalue weighted by molar-refractivity contribution is 5.91. The number of ether oxygens (including phenoxy) is 2. The number of fused-ring (bicyclic) bond motifs is 1. The van der Waals surface area contributed by atoms with Crippen molar-refractivity contribution in [3.05, 3.63) is 65.2 Å². The lowest BCUT2D eigenvalue weighted by Crippen LogP contribution is -2.66. The molecule has 7 nitrogen and oxygen atoms in total.